The Morgan fingerprint density at radius 3 is 2.80 bits per heavy atom. The number of hydrogen-bond acceptors (Lipinski definition) is 5. The Morgan fingerprint density at radius 2 is 2.20 bits per heavy atom. The lowest BCUT2D eigenvalue weighted by molar-refractivity contribution is -0.144. The summed E-state index contributed by atoms with van der Waals surface area (Å²) in [4.78, 5) is 29.1. The van der Waals surface area contributed by atoms with E-state index in [1.165, 1.54) is 7.11 Å². The molecule has 1 N–H and O–H groups in total. The van der Waals surface area contributed by atoms with Crippen molar-refractivity contribution < 1.29 is 14.3 Å². The Labute approximate surface area is 119 Å². The maximum absolute atomic E-state index is 11.7. The van der Waals surface area contributed by atoms with Crippen LogP contribution in [0.1, 0.15) is 24.3 Å². The quantitative estimate of drug-likeness (QED) is 0.789. The Hall–Kier alpha value is -2.11. The highest BCUT2D eigenvalue weighted by atomic mass is 16.5. The van der Waals surface area contributed by atoms with E-state index in [1.807, 2.05) is 18.9 Å². The molecule has 0 aliphatic rings. The van der Waals surface area contributed by atoms with Crippen LogP contribution in [0.3, 0.4) is 0 Å². The van der Waals surface area contributed by atoms with Crippen molar-refractivity contribution in [2.24, 2.45) is 5.92 Å². The molecule has 1 heterocycles. The van der Waals surface area contributed by atoms with E-state index in [-0.39, 0.29) is 17.8 Å². The molecule has 110 valence electrons. The fraction of sp³-hybridized carbons (Fsp3) is 0.500. The minimum absolute atomic E-state index is 0.205. The number of nitrogens with one attached hydrogen (secondary N) is 1. The number of esters is 1. The average Bonchev–Trinajstić information content (AvgIpc) is 2.46. The average molecular weight is 279 g/mol. The van der Waals surface area contributed by atoms with Crippen LogP contribution in [-0.4, -0.2) is 44.1 Å². The van der Waals surface area contributed by atoms with Crippen LogP contribution in [0.5, 0.6) is 0 Å². The van der Waals surface area contributed by atoms with Gasteiger partial charge in [-0.3, -0.25) is 14.6 Å². The van der Waals surface area contributed by atoms with Crippen molar-refractivity contribution in [2.45, 2.75) is 13.8 Å². The van der Waals surface area contributed by atoms with Crippen LogP contribution in [0.15, 0.2) is 18.3 Å². The molecule has 1 atom stereocenters. The standard InChI is InChI=1S/C14H21N3O3/c1-5-15-13(18)12-8-11(6-7-16-12)17(3)9-10(2)14(19)20-4/h6-8,10H,5,9H2,1-4H3,(H,15,18). The SMILES string of the molecule is CCNC(=O)c1cc(N(C)CC(C)C(=O)OC)ccn1. The zero-order valence-corrected chi connectivity index (χ0v) is 12.3. The van der Waals surface area contributed by atoms with Gasteiger partial charge in [0.15, 0.2) is 0 Å². The fourth-order valence-electron chi connectivity index (χ4n) is 1.82. The summed E-state index contributed by atoms with van der Waals surface area (Å²) in [6.07, 6.45) is 1.58. The summed E-state index contributed by atoms with van der Waals surface area (Å²) in [5.74, 6) is -0.704. The summed E-state index contributed by atoms with van der Waals surface area (Å²) in [6, 6.07) is 3.50. The molecule has 1 rings (SSSR count). The number of nitrogens with zero attached hydrogens (tertiary/aromatic N) is 2. The Morgan fingerprint density at radius 1 is 1.50 bits per heavy atom. The third-order valence-electron chi connectivity index (χ3n) is 2.91. The van der Waals surface area contributed by atoms with Gasteiger partial charge in [-0.05, 0) is 19.1 Å². The van der Waals surface area contributed by atoms with Crippen molar-refractivity contribution in [1.29, 1.82) is 0 Å². The smallest absolute Gasteiger partial charge is 0.310 e. The third kappa shape index (κ3) is 4.22. The lowest BCUT2D eigenvalue weighted by atomic mass is 10.1. The van der Waals surface area contributed by atoms with Gasteiger partial charge in [-0.1, -0.05) is 6.92 Å². The van der Waals surface area contributed by atoms with Crippen LogP contribution in [0.25, 0.3) is 0 Å². The van der Waals surface area contributed by atoms with Crippen molar-refractivity contribution in [2.75, 3.05) is 32.1 Å². The number of hydrogen-bond donors (Lipinski definition) is 1. The summed E-state index contributed by atoms with van der Waals surface area (Å²) in [6.45, 7) is 4.71. The van der Waals surface area contributed by atoms with Gasteiger partial charge in [0.05, 0.1) is 13.0 Å². The van der Waals surface area contributed by atoms with E-state index in [9.17, 15) is 9.59 Å². The van der Waals surface area contributed by atoms with Crippen molar-refractivity contribution in [1.82, 2.24) is 10.3 Å². The zero-order chi connectivity index (χ0) is 15.1. The van der Waals surface area contributed by atoms with Gasteiger partial charge < -0.3 is 15.0 Å². The van der Waals surface area contributed by atoms with Crippen LogP contribution < -0.4 is 10.2 Å². The molecule has 0 saturated carbocycles. The summed E-state index contributed by atoms with van der Waals surface area (Å²) in [7, 11) is 3.23. The van der Waals surface area contributed by atoms with Gasteiger partial charge >= 0.3 is 5.97 Å². The molecule has 20 heavy (non-hydrogen) atoms. The van der Waals surface area contributed by atoms with E-state index in [1.54, 1.807) is 25.3 Å². The van der Waals surface area contributed by atoms with E-state index in [2.05, 4.69) is 10.3 Å². The van der Waals surface area contributed by atoms with Gasteiger partial charge in [-0.15, -0.1) is 0 Å². The highest BCUT2D eigenvalue weighted by molar-refractivity contribution is 5.93. The normalized spacial score (nSPS) is 11.6. The number of carbonyl (C=O) groups excluding carboxylic acids is 2. The highest BCUT2D eigenvalue weighted by Gasteiger charge is 2.16. The molecule has 0 spiro atoms. The largest absolute Gasteiger partial charge is 0.469 e. The molecule has 1 aromatic rings. The van der Waals surface area contributed by atoms with Crippen LogP contribution in [-0.2, 0) is 9.53 Å². The number of carbonyl (C=O) groups is 2. The fourth-order valence-corrected chi connectivity index (χ4v) is 1.82. The van der Waals surface area contributed by atoms with E-state index in [0.717, 1.165) is 5.69 Å². The monoisotopic (exact) mass is 279 g/mol. The van der Waals surface area contributed by atoms with Crippen LogP contribution in [0.2, 0.25) is 0 Å². The molecule has 6 nitrogen and oxygen atoms in total. The first-order valence-electron chi connectivity index (χ1n) is 6.52. The summed E-state index contributed by atoms with van der Waals surface area (Å²) in [5, 5.41) is 2.70. The Kier molecular flexibility index (Phi) is 5.96. The van der Waals surface area contributed by atoms with Crippen molar-refractivity contribution in [3.8, 4) is 0 Å². The molecule has 1 unspecified atom stereocenters. The molecular formula is C14H21N3O3. The second-order valence-electron chi connectivity index (χ2n) is 4.56. The van der Waals surface area contributed by atoms with Gasteiger partial charge in [0.2, 0.25) is 0 Å². The van der Waals surface area contributed by atoms with Crippen LogP contribution in [0, 0.1) is 5.92 Å². The molecule has 0 fully saturated rings. The molecule has 1 amide bonds. The maximum Gasteiger partial charge on any atom is 0.310 e. The highest BCUT2D eigenvalue weighted by Crippen LogP contribution is 2.15. The number of anilines is 1. The number of pyridine rings is 1. The van der Waals surface area contributed by atoms with Gasteiger partial charge in [-0.25, -0.2) is 0 Å². The van der Waals surface area contributed by atoms with Crippen molar-refractivity contribution in [3.63, 3.8) is 0 Å². The number of rotatable bonds is 6. The van der Waals surface area contributed by atoms with Gasteiger partial charge in [-0.2, -0.15) is 0 Å². The summed E-state index contributed by atoms with van der Waals surface area (Å²) >= 11 is 0. The predicted octanol–water partition coefficient (Wildman–Crippen LogP) is 1.08. The molecule has 0 bridgehead atoms. The first-order valence-corrected chi connectivity index (χ1v) is 6.52. The number of aromatic nitrogens is 1. The number of amides is 1. The maximum atomic E-state index is 11.7. The molecule has 0 aliphatic heterocycles. The van der Waals surface area contributed by atoms with Crippen LogP contribution in [0.4, 0.5) is 5.69 Å². The van der Waals surface area contributed by atoms with Gasteiger partial charge in [0.25, 0.3) is 5.91 Å². The second-order valence-corrected chi connectivity index (χ2v) is 4.56. The van der Waals surface area contributed by atoms with Crippen LogP contribution >= 0.6 is 0 Å². The molecule has 0 aliphatic carbocycles. The molecule has 6 heteroatoms. The Balaban J connectivity index is 2.78. The van der Waals surface area contributed by atoms with Gasteiger partial charge in [0.1, 0.15) is 5.69 Å². The van der Waals surface area contributed by atoms with E-state index >= 15 is 0 Å². The minimum Gasteiger partial charge on any atom is -0.469 e. The molecule has 0 saturated heterocycles. The van der Waals surface area contributed by atoms with Crippen molar-refractivity contribution >= 4 is 17.6 Å². The minimum atomic E-state index is -0.255. The summed E-state index contributed by atoms with van der Waals surface area (Å²) in [5.41, 5.74) is 1.19. The second kappa shape index (κ2) is 7.47. The number of methoxy groups -OCH3 is 1. The summed E-state index contributed by atoms with van der Waals surface area (Å²) < 4.78 is 4.70. The van der Waals surface area contributed by atoms with E-state index in [4.69, 9.17) is 4.74 Å². The third-order valence-corrected chi connectivity index (χ3v) is 2.91. The molecular weight excluding hydrogens is 258 g/mol. The lowest BCUT2D eigenvalue weighted by Gasteiger charge is -2.22. The topological polar surface area (TPSA) is 71.5 Å². The molecule has 0 radical (unpaired) electrons. The predicted molar refractivity (Wildman–Crippen MR) is 76.7 cm³/mol. The first kappa shape index (κ1) is 15.9. The van der Waals surface area contributed by atoms with E-state index < -0.39 is 0 Å². The lowest BCUT2D eigenvalue weighted by Crippen LogP contribution is -2.30. The van der Waals surface area contributed by atoms with E-state index in [0.29, 0.717) is 18.8 Å². The molecule has 0 aromatic carbocycles. The van der Waals surface area contributed by atoms with Gasteiger partial charge in [0, 0.05) is 32.0 Å². The van der Waals surface area contributed by atoms with Crippen molar-refractivity contribution in [3.05, 3.63) is 24.0 Å². The number of ether oxygens (including phenoxy) is 1. The first-order chi connectivity index (χ1) is 9.49. The zero-order valence-electron chi connectivity index (χ0n) is 12.3. The Bertz CT molecular complexity index is 476. The molecule has 1 aromatic heterocycles.